The van der Waals surface area contributed by atoms with Crippen LogP contribution in [0.4, 0.5) is 0 Å². The molecule has 1 rings (SSSR count). The molecule has 1 aromatic rings. The van der Waals surface area contributed by atoms with Crippen molar-refractivity contribution in [3.8, 4) is 0 Å². The van der Waals surface area contributed by atoms with E-state index >= 15 is 0 Å². The highest BCUT2D eigenvalue weighted by Crippen LogP contribution is 2.24. The van der Waals surface area contributed by atoms with E-state index < -0.39 is 0 Å². The first kappa shape index (κ1) is 22.2. The van der Waals surface area contributed by atoms with Crippen LogP contribution in [0.2, 0.25) is 10.0 Å². The molecule has 0 aliphatic rings. The van der Waals surface area contributed by atoms with Crippen molar-refractivity contribution in [1.82, 2.24) is 4.90 Å². The Kier molecular flexibility index (Phi) is 11.3. The SMILES string of the molecule is CC.NCCN(Cc1cc(Cl)ccc1Cl)C(/C=C(\N)Cl)=C(/N)Cl. The predicted octanol–water partition coefficient (Wildman–Crippen LogP) is 4.19. The van der Waals surface area contributed by atoms with Crippen molar-refractivity contribution in [2.24, 2.45) is 17.2 Å². The monoisotopic (exact) mass is 398 g/mol. The molecule has 4 nitrogen and oxygen atoms in total. The van der Waals surface area contributed by atoms with Gasteiger partial charge in [0.1, 0.15) is 10.3 Å². The summed E-state index contributed by atoms with van der Waals surface area (Å²) in [6.45, 7) is 5.30. The summed E-state index contributed by atoms with van der Waals surface area (Å²) in [5.41, 5.74) is 18.1. The summed E-state index contributed by atoms with van der Waals surface area (Å²) < 4.78 is 0. The number of benzene rings is 1. The normalized spacial score (nSPS) is 12.2. The highest BCUT2D eigenvalue weighted by atomic mass is 35.5. The predicted molar refractivity (Wildman–Crippen MR) is 102 cm³/mol. The van der Waals surface area contributed by atoms with E-state index in [-0.39, 0.29) is 10.3 Å². The Morgan fingerprint density at radius 3 is 2.26 bits per heavy atom. The largest absolute Gasteiger partial charge is 0.389 e. The molecule has 0 heterocycles. The van der Waals surface area contributed by atoms with E-state index in [9.17, 15) is 0 Å². The highest BCUT2D eigenvalue weighted by Gasteiger charge is 2.13. The number of hydrogen-bond acceptors (Lipinski definition) is 4. The average molecular weight is 400 g/mol. The number of hydrogen-bond donors (Lipinski definition) is 3. The van der Waals surface area contributed by atoms with Crippen molar-refractivity contribution in [2.45, 2.75) is 20.4 Å². The molecule has 1 aromatic carbocycles. The maximum absolute atomic E-state index is 6.17. The lowest BCUT2D eigenvalue weighted by molar-refractivity contribution is 0.354. The van der Waals surface area contributed by atoms with Crippen LogP contribution in [0.1, 0.15) is 19.4 Å². The van der Waals surface area contributed by atoms with E-state index in [0.717, 1.165) is 5.56 Å². The van der Waals surface area contributed by atoms with Gasteiger partial charge in [-0.1, -0.05) is 60.3 Å². The summed E-state index contributed by atoms with van der Waals surface area (Å²) in [6, 6.07) is 5.20. The van der Waals surface area contributed by atoms with Crippen LogP contribution >= 0.6 is 46.4 Å². The fraction of sp³-hybridized carbons (Fsp3) is 0.333. The van der Waals surface area contributed by atoms with Crippen LogP contribution in [-0.4, -0.2) is 18.0 Å². The molecule has 0 amide bonds. The van der Waals surface area contributed by atoms with E-state index in [0.29, 0.717) is 35.4 Å². The van der Waals surface area contributed by atoms with Gasteiger partial charge >= 0.3 is 0 Å². The molecule has 0 fully saturated rings. The molecular formula is C15H22Cl4N4. The van der Waals surface area contributed by atoms with Gasteiger partial charge in [-0.25, -0.2) is 0 Å². The molecule has 0 aromatic heterocycles. The number of allylic oxidation sites excluding steroid dienone is 1. The van der Waals surface area contributed by atoms with Gasteiger partial charge in [-0.05, 0) is 29.8 Å². The number of rotatable bonds is 6. The van der Waals surface area contributed by atoms with Gasteiger partial charge in [-0.3, -0.25) is 0 Å². The van der Waals surface area contributed by atoms with Gasteiger partial charge in [0, 0.05) is 29.7 Å². The molecule has 0 spiro atoms. The molecular weight excluding hydrogens is 378 g/mol. The third kappa shape index (κ3) is 8.04. The lowest BCUT2D eigenvalue weighted by Gasteiger charge is -2.26. The molecule has 0 aliphatic carbocycles. The van der Waals surface area contributed by atoms with E-state index in [4.69, 9.17) is 63.6 Å². The fourth-order valence-electron chi connectivity index (χ4n) is 1.75. The summed E-state index contributed by atoms with van der Waals surface area (Å²) in [4.78, 5) is 1.83. The molecule has 130 valence electrons. The zero-order chi connectivity index (χ0) is 18.0. The first-order valence-corrected chi connectivity index (χ1v) is 8.53. The van der Waals surface area contributed by atoms with Crippen molar-refractivity contribution >= 4 is 46.4 Å². The van der Waals surface area contributed by atoms with E-state index in [1.54, 1.807) is 18.2 Å². The highest BCUT2D eigenvalue weighted by molar-refractivity contribution is 6.33. The number of nitrogens with two attached hydrogens (primary N) is 3. The molecule has 23 heavy (non-hydrogen) atoms. The summed E-state index contributed by atoms with van der Waals surface area (Å²) in [7, 11) is 0. The van der Waals surface area contributed by atoms with Crippen molar-refractivity contribution in [3.63, 3.8) is 0 Å². The van der Waals surface area contributed by atoms with Crippen molar-refractivity contribution in [3.05, 3.63) is 55.9 Å². The summed E-state index contributed by atoms with van der Waals surface area (Å²) in [6.07, 6.45) is 1.47. The average Bonchev–Trinajstić information content (AvgIpc) is 2.49. The van der Waals surface area contributed by atoms with Gasteiger partial charge in [-0.2, -0.15) is 0 Å². The van der Waals surface area contributed by atoms with Gasteiger partial charge < -0.3 is 22.1 Å². The Morgan fingerprint density at radius 1 is 1.17 bits per heavy atom. The zero-order valence-electron chi connectivity index (χ0n) is 13.1. The molecule has 0 radical (unpaired) electrons. The Hall–Kier alpha value is -0.780. The molecule has 0 aliphatic heterocycles. The van der Waals surface area contributed by atoms with Crippen molar-refractivity contribution in [1.29, 1.82) is 0 Å². The van der Waals surface area contributed by atoms with Crippen LogP contribution in [-0.2, 0) is 6.54 Å². The smallest absolute Gasteiger partial charge is 0.123 e. The minimum atomic E-state index is 0.0604. The van der Waals surface area contributed by atoms with Crippen LogP contribution < -0.4 is 17.2 Å². The Balaban J connectivity index is 0.00000232. The van der Waals surface area contributed by atoms with Crippen molar-refractivity contribution in [2.75, 3.05) is 13.1 Å². The van der Waals surface area contributed by atoms with E-state index in [1.807, 2.05) is 18.7 Å². The quantitative estimate of drug-likeness (QED) is 0.494. The van der Waals surface area contributed by atoms with Crippen LogP contribution in [0.3, 0.4) is 0 Å². The third-order valence-electron chi connectivity index (χ3n) is 2.63. The summed E-state index contributed by atoms with van der Waals surface area (Å²) in [5, 5.41) is 1.29. The maximum atomic E-state index is 6.17. The second-order valence-corrected chi connectivity index (χ2v) is 5.90. The van der Waals surface area contributed by atoms with Crippen LogP contribution in [0, 0.1) is 0 Å². The number of halogens is 4. The molecule has 6 N–H and O–H groups in total. The molecule has 8 heteroatoms. The molecule has 0 saturated carbocycles. The Labute approximate surface area is 157 Å². The van der Waals surface area contributed by atoms with Gasteiger partial charge in [-0.15, -0.1) is 0 Å². The molecule has 0 bridgehead atoms. The van der Waals surface area contributed by atoms with Crippen LogP contribution in [0.5, 0.6) is 0 Å². The fourth-order valence-corrected chi connectivity index (χ4v) is 2.40. The number of nitrogens with zero attached hydrogens (tertiary/aromatic N) is 1. The lowest BCUT2D eigenvalue weighted by atomic mass is 10.2. The first-order chi connectivity index (χ1) is 10.8. The summed E-state index contributed by atoms with van der Waals surface area (Å²) >= 11 is 23.8. The van der Waals surface area contributed by atoms with Gasteiger partial charge in [0.2, 0.25) is 0 Å². The minimum Gasteiger partial charge on any atom is -0.389 e. The first-order valence-electron chi connectivity index (χ1n) is 7.02. The second-order valence-electron chi connectivity index (χ2n) is 4.21. The Bertz CT molecular complexity index is 550. The van der Waals surface area contributed by atoms with Crippen LogP contribution in [0.25, 0.3) is 0 Å². The van der Waals surface area contributed by atoms with Crippen molar-refractivity contribution < 1.29 is 0 Å². The van der Waals surface area contributed by atoms with Crippen LogP contribution in [0.15, 0.2) is 40.3 Å². The summed E-state index contributed by atoms with van der Waals surface area (Å²) in [5.74, 6) is 0. The van der Waals surface area contributed by atoms with E-state index in [2.05, 4.69) is 0 Å². The Morgan fingerprint density at radius 2 is 1.78 bits per heavy atom. The standard InChI is InChI=1S/C13H16Cl4N4.C2H6/c14-9-1-2-10(15)8(5-9)7-21(4-3-18)11(13(17)20)6-12(16)19;1-2/h1-2,5-6H,3-4,7,18-20H2;1-2H3/b12-6-,13-11+;. The topological polar surface area (TPSA) is 81.3 Å². The zero-order valence-corrected chi connectivity index (χ0v) is 16.1. The van der Waals surface area contributed by atoms with E-state index in [1.165, 1.54) is 6.08 Å². The van der Waals surface area contributed by atoms with Gasteiger partial charge in [0.15, 0.2) is 0 Å². The second kappa shape index (κ2) is 11.7. The molecule has 0 atom stereocenters. The molecule has 0 unspecified atom stereocenters. The minimum absolute atomic E-state index is 0.0604. The van der Waals surface area contributed by atoms with Gasteiger partial charge in [0.25, 0.3) is 0 Å². The molecule has 0 saturated heterocycles. The van der Waals surface area contributed by atoms with Gasteiger partial charge in [0.05, 0.1) is 5.70 Å². The third-order valence-corrected chi connectivity index (χ3v) is 3.53. The maximum Gasteiger partial charge on any atom is 0.123 e. The lowest BCUT2D eigenvalue weighted by Crippen LogP contribution is -2.29.